The standard InChI is InChI=1S/C22H24N4O2S/c1-28-17-4-2-3-14(11-17)5-6-15-12-19(26-9-7-16(23)8-10-26)25-22-20(15)21(24)18(13-27)29-22/h2-6,11-13,16H,7-10,23-24H2,1H3/b6-5+. The van der Waals surface area contributed by atoms with Crippen LogP contribution in [-0.2, 0) is 0 Å². The van der Waals surface area contributed by atoms with Crippen LogP contribution in [0.25, 0.3) is 22.4 Å². The summed E-state index contributed by atoms with van der Waals surface area (Å²) in [4.78, 5) is 19.8. The van der Waals surface area contributed by atoms with E-state index < -0.39 is 0 Å². The molecule has 29 heavy (non-hydrogen) atoms. The van der Waals surface area contributed by atoms with E-state index in [-0.39, 0.29) is 6.04 Å². The molecule has 2 aromatic heterocycles. The molecule has 0 unspecified atom stereocenters. The summed E-state index contributed by atoms with van der Waals surface area (Å²) in [6.07, 6.45) is 6.74. The molecule has 1 saturated heterocycles. The number of anilines is 2. The van der Waals surface area contributed by atoms with Crippen LogP contribution >= 0.6 is 11.3 Å². The molecule has 0 spiro atoms. The number of carbonyl (C=O) groups excluding carboxylic acids is 1. The van der Waals surface area contributed by atoms with E-state index >= 15 is 0 Å². The fraction of sp³-hybridized carbons (Fsp3) is 0.273. The van der Waals surface area contributed by atoms with Crippen LogP contribution in [0.3, 0.4) is 0 Å². The quantitative estimate of drug-likeness (QED) is 0.624. The number of ether oxygens (including phenoxy) is 1. The second-order valence-electron chi connectivity index (χ2n) is 7.18. The number of nitrogen functional groups attached to an aromatic ring is 1. The van der Waals surface area contributed by atoms with Crippen molar-refractivity contribution in [3.63, 3.8) is 0 Å². The predicted octanol–water partition coefficient (Wildman–Crippen LogP) is 3.80. The average Bonchev–Trinajstić information content (AvgIpc) is 3.08. The monoisotopic (exact) mass is 408 g/mol. The number of thiophene rings is 1. The summed E-state index contributed by atoms with van der Waals surface area (Å²) in [5.74, 6) is 1.70. The molecule has 1 aliphatic heterocycles. The zero-order valence-corrected chi connectivity index (χ0v) is 17.1. The normalized spacial score (nSPS) is 15.3. The zero-order valence-electron chi connectivity index (χ0n) is 16.3. The number of fused-ring (bicyclic) bond motifs is 1. The van der Waals surface area contributed by atoms with Gasteiger partial charge in [-0.2, -0.15) is 0 Å². The second kappa shape index (κ2) is 8.23. The highest BCUT2D eigenvalue weighted by Crippen LogP contribution is 2.37. The topological polar surface area (TPSA) is 94.5 Å². The minimum absolute atomic E-state index is 0.251. The lowest BCUT2D eigenvalue weighted by molar-refractivity contribution is 0.112. The first-order valence-electron chi connectivity index (χ1n) is 9.60. The van der Waals surface area contributed by atoms with E-state index in [0.717, 1.165) is 65.1 Å². The first-order valence-corrected chi connectivity index (χ1v) is 10.4. The summed E-state index contributed by atoms with van der Waals surface area (Å²) < 4.78 is 5.30. The fourth-order valence-electron chi connectivity index (χ4n) is 3.59. The van der Waals surface area contributed by atoms with Gasteiger partial charge >= 0.3 is 0 Å². The number of methoxy groups -OCH3 is 1. The average molecular weight is 409 g/mol. The number of pyridine rings is 1. The Morgan fingerprint density at radius 3 is 2.76 bits per heavy atom. The van der Waals surface area contributed by atoms with Crippen LogP contribution in [-0.4, -0.2) is 37.5 Å². The number of carbonyl (C=O) groups is 1. The number of nitrogens with zero attached hydrogens (tertiary/aromatic N) is 2. The third kappa shape index (κ3) is 3.97. The Hall–Kier alpha value is -2.90. The SMILES string of the molecule is COc1cccc(/C=C/c2cc(N3CCC(N)CC3)nc3sc(C=O)c(N)c23)c1. The van der Waals surface area contributed by atoms with Crippen molar-refractivity contribution in [2.75, 3.05) is 30.8 Å². The highest BCUT2D eigenvalue weighted by molar-refractivity contribution is 7.20. The molecule has 6 nitrogen and oxygen atoms in total. The van der Waals surface area contributed by atoms with Crippen molar-refractivity contribution in [2.24, 2.45) is 5.73 Å². The molecule has 1 fully saturated rings. The summed E-state index contributed by atoms with van der Waals surface area (Å²) in [6.45, 7) is 1.75. The number of hydrogen-bond acceptors (Lipinski definition) is 7. The van der Waals surface area contributed by atoms with Crippen molar-refractivity contribution < 1.29 is 9.53 Å². The molecule has 4 N–H and O–H groups in total. The molecule has 0 radical (unpaired) electrons. The number of rotatable bonds is 5. The molecular weight excluding hydrogens is 384 g/mol. The van der Waals surface area contributed by atoms with Crippen molar-refractivity contribution in [1.82, 2.24) is 4.98 Å². The summed E-state index contributed by atoms with van der Waals surface area (Å²) in [6, 6.07) is 10.1. The van der Waals surface area contributed by atoms with E-state index in [1.807, 2.05) is 42.5 Å². The van der Waals surface area contributed by atoms with Crippen LogP contribution < -0.4 is 21.1 Å². The van der Waals surface area contributed by atoms with Gasteiger partial charge in [-0.15, -0.1) is 11.3 Å². The first-order chi connectivity index (χ1) is 14.1. The Kier molecular flexibility index (Phi) is 5.51. The van der Waals surface area contributed by atoms with Crippen LogP contribution in [0.5, 0.6) is 5.75 Å². The lowest BCUT2D eigenvalue weighted by atomic mass is 10.0. The van der Waals surface area contributed by atoms with E-state index in [1.165, 1.54) is 11.3 Å². The van der Waals surface area contributed by atoms with Gasteiger partial charge in [0.2, 0.25) is 0 Å². The van der Waals surface area contributed by atoms with Crippen molar-refractivity contribution in [1.29, 1.82) is 0 Å². The predicted molar refractivity (Wildman–Crippen MR) is 121 cm³/mol. The molecule has 0 amide bonds. The smallest absolute Gasteiger partial charge is 0.162 e. The van der Waals surface area contributed by atoms with Crippen LogP contribution in [0.2, 0.25) is 0 Å². The zero-order chi connectivity index (χ0) is 20.4. The second-order valence-corrected chi connectivity index (χ2v) is 8.21. The number of benzene rings is 1. The highest BCUT2D eigenvalue weighted by atomic mass is 32.1. The fourth-order valence-corrected chi connectivity index (χ4v) is 4.53. The molecule has 0 aliphatic carbocycles. The molecule has 3 aromatic rings. The third-order valence-corrected chi connectivity index (χ3v) is 6.29. The van der Waals surface area contributed by atoms with Gasteiger partial charge in [0, 0.05) is 24.5 Å². The summed E-state index contributed by atoms with van der Waals surface area (Å²) >= 11 is 1.34. The van der Waals surface area contributed by atoms with Gasteiger partial charge in [-0.3, -0.25) is 4.79 Å². The van der Waals surface area contributed by atoms with Gasteiger partial charge in [-0.05, 0) is 42.2 Å². The molecular formula is C22H24N4O2S. The molecule has 1 aliphatic rings. The van der Waals surface area contributed by atoms with E-state index in [1.54, 1.807) is 7.11 Å². The van der Waals surface area contributed by atoms with E-state index in [9.17, 15) is 4.79 Å². The lowest BCUT2D eigenvalue weighted by Crippen LogP contribution is -2.40. The van der Waals surface area contributed by atoms with E-state index in [4.69, 9.17) is 21.2 Å². The van der Waals surface area contributed by atoms with Gasteiger partial charge in [0.15, 0.2) is 6.29 Å². The van der Waals surface area contributed by atoms with Crippen molar-refractivity contribution in [3.05, 3.63) is 46.3 Å². The Balaban J connectivity index is 1.78. The maximum absolute atomic E-state index is 11.4. The van der Waals surface area contributed by atoms with Crippen LogP contribution in [0.4, 0.5) is 11.5 Å². The lowest BCUT2D eigenvalue weighted by Gasteiger charge is -2.31. The number of nitrogens with two attached hydrogens (primary N) is 2. The largest absolute Gasteiger partial charge is 0.497 e. The maximum atomic E-state index is 11.4. The molecule has 3 heterocycles. The number of piperidine rings is 1. The first kappa shape index (κ1) is 19.4. The van der Waals surface area contributed by atoms with Crippen molar-refractivity contribution in [2.45, 2.75) is 18.9 Å². The summed E-state index contributed by atoms with van der Waals surface area (Å²) in [5, 5.41) is 0.828. The Morgan fingerprint density at radius 1 is 1.24 bits per heavy atom. The number of aromatic nitrogens is 1. The van der Waals surface area contributed by atoms with Crippen LogP contribution in [0.1, 0.15) is 33.6 Å². The highest BCUT2D eigenvalue weighted by Gasteiger charge is 2.20. The molecule has 0 bridgehead atoms. The minimum atomic E-state index is 0.251. The molecule has 1 aromatic carbocycles. The molecule has 0 saturated carbocycles. The molecule has 4 rings (SSSR count). The van der Waals surface area contributed by atoms with E-state index in [2.05, 4.69) is 4.90 Å². The molecule has 0 atom stereocenters. The molecule has 150 valence electrons. The van der Waals surface area contributed by atoms with Crippen LogP contribution in [0.15, 0.2) is 30.3 Å². The van der Waals surface area contributed by atoms with Gasteiger partial charge in [0.1, 0.15) is 16.4 Å². The number of aldehydes is 1. The van der Waals surface area contributed by atoms with Crippen molar-refractivity contribution in [3.8, 4) is 5.75 Å². The van der Waals surface area contributed by atoms with Gasteiger partial charge in [0.25, 0.3) is 0 Å². The third-order valence-electron chi connectivity index (χ3n) is 5.26. The minimum Gasteiger partial charge on any atom is -0.497 e. The summed E-state index contributed by atoms with van der Waals surface area (Å²) in [5.41, 5.74) is 14.8. The van der Waals surface area contributed by atoms with E-state index in [0.29, 0.717) is 10.6 Å². The van der Waals surface area contributed by atoms with Crippen LogP contribution in [0, 0.1) is 0 Å². The Bertz CT molecular complexity index is 1070. The van der Waals surface area contributed by atoms with Gasteiger partial charge in [-0.1, -0.05) is 24.3 Å². The Morgan fingerprint density at radius 2 is 2.03 bits per heavy atom. The maximum Gasteiger partial charge on any atom is 0.162 e. The van der Waals surface area contributed by atoms with Crippen molar-refractivity contribution >= 4 is 51.5 Å². The van der Waals surface area contributed by atoms with Gasteiger partial charge in [0.05, 0.1) is 17.7 Å². The Labute approximate surface area is 173 Å². The summed E-state index contributed by atoms with van der Waals surface area (Å²) in [7, 11) is 1.65. The van der Waals surface area contributed by atoms with Gasteiger partial charge in [-0.25, -0.2) is 4.98 Å². The molecule has 7 heteroatoms. The van der Waals surface area contributed by atoms with Gasteiger partial charge < -0.3 is 21.1 Å². The number of hydrogen-bond donors (Lipinski definition) is 2.